The van der Waals surface area contributed by atoms with E-state index >= 15 is 0 Å². The molecule has 0 bridgehead atoms. The zero-order valence-corrected chi connectivity index (χ0v) is 17.1. The molecule has 3 aromatic heterocycles. The lowest BCUT2D eigenvalue weighted by Crippen LogP contribution is -2.37. The number of rotatable bonds is 5. The molecule has 4 heterocycles. The first-order valence-corrected chi connectivity index (χ1v) is 11.3. The highest BCUT2D eigenvalue weighted by atomic mass is 32.1. The van der Waals surface area contributed by atoms with Crippen molar-refractivity contribution in [2.45, 2.75) is 25.3 Å². The molecule has 0 aliphatic carbocycles. The third-order valence-electron chi connectivity index (χ3n) is 5.58. The van der Waals surface area contributed by atoms with Crippen LogP contribution in [0.25, 0.3) is 4.96 Å². The van der Waals surface area contributed by atoms with Gasteiger partial charge in [0.15, 0.2) is 0 Å². The van der Waals surface area contributed by atoms with Crippen LogP contribution < -0.4 is 0 Å². The molecule has 5 nitrogen and oxygen atoms in total. The van der Waals surface area contributed by atoms with Crippen molar-refractivity contribution in [2.24, 2.45) is 5.92 Å². The molecule has 1 saturated heterocycles. The fraction of sp³-hybridized carbons (Fsp3) is 0.333. The molecular formula is C21H22N4OS2. The molecule has 7 heteroatoms. The third kappa shape index (κ3) is 3.34. The second kappa shape index (κ2) is 7.66. The van der Waals surface area contributed by atoms with Crippen LogP contribution in [0.1, 0.15) is 34.2 Å². The summed E-state index contributed by atoms with van der Waals surface area (Å²) in [4.78, 5) is 9.73. The molecule has 1 aliphatic rings. The molecule has 0 saturated carbocycles. The third-order valence-corrected chi connectivity index (χ3v) is 7.59. The van der Waals surface area contributed by atoms with Crippen LogP contribution in [0.3, 0.4) is 0 Å². The largest absolute Gasteiger partial charge is 0.492 e. The van der Waals surface area contributed by atoms with E-state index in [2.05, 4.69) is 62.8 Å². The molecule has 0 amide bonds. The Morgan fingerprint density at radius 2 is 1.93 bits per heavy atom. The first-order valence-electron chi connectivity index (χ1n) is 9.62. The summed E-state index contributed by atoms with van der Waals surface area (Å²) in [6, 6.07) is 15.1. The van der Waals surface area contributed by atoms with Crippen molar-refractivity contribution in [3.8, 4) is 5.88 Å². The number of benzene rings is 1. The summed E-state index contributed by atoms with van der Waals surface area (Å²) in [6.45, 7) is 2.07. The lowest BCUT2D eigenvalue weighted by Gasteiger charge is -2.37. The average molecular weight is 411 g/mol. The summed E-state index contributed by atoms with van der Waals surface area (Å²) in [5.41, 5.74) is 1.43. The molecule has 28 heavy (non-hydrogen) atoms. The van der Waals surface area contributed by atoms with Gasteiger partial charge in [-0.05, 0) is 55.3 Å². The van der Waals surface area contributed by atoms with Crippen LogP contribution in [0, 0.1) is 5.92 Å². The van der Waals surface area contributed by atoms with E-state index in [1.165, 1.54) is 40.9 Å². The topological polar surface area (TPSA) is 53.7 Å². The predicted octanol–water partition coefficient (Wildman–Crippen LogP) is 4.60. The van der Waals surface area contributed by atoms with E-state index in [0.29, 0.717) is 0 Å². The first kappa shape index (κ1) is 17.8. The molecule has 1 atom stereocenters. The second-order valence-electron chi connectivity index (χ2n) is 7.33. The second-order valence-corrected chi connectivity index (χ2v) is 9.32. The number of thiophene rings is 1. The van der Waals surface area contributed by atoms with Gasteiger partial charge in [0, 0.05) is 4.88 Å². The molecule has 144 valence electrons. The van der Waals surface area contributed by atoms with Crippen LogP contribution in [0.4, 0.5) is 0 Å². The van der Waals surface area contributed by atoms with Crippen molar-refractivity contribution >= 4 is 27.6 Å². The molecule has 1 aromatic carbocycles. The van der Waals surface area contributed by atoms with Gasteiger partial charge >= 0.3 is 0 Å². The molecular weight excluding hydrogens is 388 g/mol. The highest BCUT2D eigenvalue weighted by molar-refractivity contribution is 7.17. The summed E-state index contributed by atoms with van der Waals surface area (Å²) >= 11 is 3.29. The van der Waals surface area contributed by atoms with Gasteiger partial charge in [0.1, 0.15) is 6.33 Å². The summed E-state index contributed by atoms with van der Waals surface area (Å²) in [6.07, 6.45) is 5.00. The number of thiazole rings is 1. The normalized spacial score (nSPS) is 17.3. The van der Waals surface area contributed by atoms with Gasteiger partial charge in [-0.25, -0.2) is 4.98 Å². The van der Waals surface area contributed by atoms with Gasteiger partial charge in [-0.3, -0.25) is 4.90 Å². The number of hydrogen-bond acceptors (Lipinski definition) is 6. The molecule has 1 fully saturated rings. The minimum absolute atomic E-state index is 0.0752. The molecule has 0 unspecified atom stereocenters. The summed E-state index contributed by atoms with van der Waals surface area (Å²) in [5, 5.41) is 17.0. The van der Waals surface area contributed by atoms with E-state index in [0.717, 1.165) is 35.3 Å². The Morgan fingerprint density at radius 3 is 2.64 bits per heavy atom. The highest BCUT2D eigenvalue weighted by Gasteiger charge is 2.32. The van der Waals surface area contributed by atoms with Crippen molar-refractivity contribution in [1.82, 2.24) is 19.5 Å². The van der Waals surface area contributed by atoms with Crippen molar-refractivity contribution in [1.29, 1.82) is 0 Å². The zero-order chi connectivity index (χ0) is 18.9. The standard InChI is InChI=1S/C21H22N4OS2/c26-20-19(28-21-22-14-23-25(20)21)18(17-7-4-12-27-17)24-10-8-16(9-11-24)13-15-5-2-1-3-6-15/h1-7,12,14,16,18,26H,8-11,13H2/t18-/m0/s1. The van der Waals surface area contributed by atoms with Gasteiger partial charge in [-0.2, -0.15) is 9.61 Å². The predicted molar refractivity (Wildman–Crippen MR) is 113 cm³/mol. The monoisotopic (exact) mass is 410 g/mol. The van der Waals surface area contributed by atoms with E-state index in [-0.39, 0.29) is 11.9 Å². The van der Waals surface area contributed by atoms with Crippen LogP contribution in [-0.2, 0) is 6.42 Å². The van der Waals surface area contributed by atoms with E-state index in [1.807, 2.05) is 0 Å². The number of aromatic nitrogens is 3. The van der Waals surface area contributed by atoms with Gasteiger partial charge in [0.05, 0.1) is 10.9 Å². The average Bonchev–Trinajstić information content (AvgIpc) is 3.46. The maximum Gasteiger partial charge on any atom is 0.230 e. The summed E-state index contributed by atoms with van der Waals surface area (Å²) in [5.74, 6) is 0.945. The molecule has 1 aliphatic heterocycles. The van der Waals surface area contributed by atoms with Crippen molar-refractivity contribution in [3.63, 3.8) is 0 Å². The maximum absolute atomic E-state index is 10.8. The van der Waals surface area contributed by atoms with Crippen LogP contribution in [0.15, 0.2) is 54.2 Å². The number of aromatic hydroxyl groups is 1. The molecule has 1 N–H and O–H groups in total. The van der Waals surface area contributed by atoms with Gasteiger partial charge in [0.25, 0.3) is 0 Å². The lowest BCUT2D eigenvalue weighted by molar-refractivity contribution is 0.152. The van der Waals surface area contributed by atoms with Crippen LogP contribution in [0.2, 0.25) is 0 Å². The van der Waals surface area contributed by atoms with Crippen LogP contribution >= 0.6 is 22.7 Å². The Kier molecular flexibility index (Phi) is 4.88. The van der Waals surface area contributed by atoms with E-state index in [1.54, 1.807) is 15.9 Å². The van der Waals surface area contributed by atoms with Gasteiger partial charge in [-0.15, -0.1) is 11.3 Å². The molecule has 5 rings (SSSR count). The van der Waals surface area contributed by atoms with Gasteiger partial charge in [-0.1, -0.05) is 47.7 Å². The van der Waals surface area contributed by atoms with Gasteiger partial charge in [0.2, 0.25) is 10.8 Å². The highest BCUT2D eigenvalue weighted by Crippen LogP contribution is 2.42. The van der Waals surface area contributed by atoms with E-state index in [9.17, 15) is 5.11 Å². The molecule has 0 spiro atoms. The lowest BCUT2D eigenvalue weighted by atomic mass is 9.89. The molecule has 4 aromatic rings. The Hall–Kier alpha value is -2.22. The first-order chi connectivity index (χ1) is 13.8. The van der Waals surface area contributed by atoms with E-state index < -0.39 is 0 Å². The SMILES string of the molecule is Oc1c([C@H](c2cccs2)N2CCC(Cc3ccccc3)CC2)sc2ncnn12. The Labute approximate surface area is 171 Å². The van der Waals surface area contributed by atoms with Crippen molar-refractivity contribution in [3.05, 3.63) is 69.5 Å². The number of nitrogens with zero attached hydrogens (tertiary/aromatic N) is 4. The number of piperidine rings is 1. The Balaban J connectivity index is 1.37. The minimum Gasteiger partial charge on any atom is -0.492 e. The Bertz CT molecular complexity index is 1030. The summed E-state index contributed by atoms with van der Waals surface area (Å²) in [7, 11) is 0. The number of hydrogen-bond donors (Lipinski definition) is 1. The fourth-order valence-electron chi connectivity index (χ4n) is 4.16. The maximum atomic E-state index is 10.8. The molecule has 0 radical (unpaired) electrons. The Morgan fingerprint density at radius 1 is 1.11 bits per heavy atom. The van der Waals surface area contributed by atoms with Crippen LogP contribution in [-0.4, -0.2) is 37.7 Å². The van der Waals surface area contributed by atoms with Crippen molar-refractivity contribution in [2.75, 3.05) is 13.1 Å². The number of fused-ring (bicyclic) bond motifs is 1. The minimum atomic E-state index is 0.0752. The smallest absolute Gasteiger partial charge is 0.230 e. The van der Waals surface area contributed by atoms with E-state index in [4.69, 9.17) is 0 Å². The zero-order valence-electron chi connectivity index (χ0n) is 15.4. The van der Waals surface area contributed by atoms with Gasteiger partial charge < -0.3 is 5.11 Å². The summed E-state index contributed by atoms with van der Waals surface area (Å²) < 4.78 is 1.54. The fourth-order valence-corrected chi connectivity index (χ4v) is 6.18. The quantitative estimate of drug-likeness (QED) is 0.522. The van der Waals surface area contributed by atoms with Crippen LogP contribution in [0.5, 0.6) is 5.88 Å². The number of likely N-dealkylation sites (tertiary alicyclic amines) is 1. The van der Waals surface area contributed by atoms with Crippen molar-refractivity contribution < 1.29 is 5.11 Å².